The molecule has 0 unspecified atom stereocenters. The predicted molar refractivity (Wildman–Crippen MR) is 77.4 cm³/mol. The number of carbonyl (C=O) groups excluding carboxylic acids is 2. The van der Waals surface area contributed by atoms with Crippen molar-refractivity contribution in [3.63, 3.8) is 0 Å². The lowest BCUT2D eigenvalue weighted by atomic mass is 10.1. The van der Waals surface area contributed by atoms with Gasteiger partial charge in [0.25, 0.3) is 5.91 Å². The lowest BCUT2D eigenvalue weighted by Gasteiger charge is -2.12. The van der Waals surface area contributed by atoms with E-state index >= 15 is 0 Å². The summed E-state index contributed by atoms with van der Waals surface area (Å²) >= 11 is 0. The maximum Gasteiger partial charge on any atom is 0.338 e. The van der Waals surface area contributed by atoms with Gasteiger partial charge in [0, 0.05) is 0 Å². The number of hydrogen-bond acceptors (Lipinski definition) is 5. The molecule has 0 spiro atoms. The van der Waals surface area contributed by atoms with Crippen LogP contribution >= 0.6 is 0 Å². The second kappa shape index (κ2) is 8.14. The van der Waals surface area contributed by atoms with Crippen molar-refractivity contribution in [1.29, 1.82) is 0 Å². The van der Waals surface area contributed by atoms with Gasteiger partial charge >= 0.3 is 5.97 Å². The Morgan fingerprint density at radius 1 is 1.24 bits per heavy atom. The lowest BCUT2D eigenvalue weighted by molar-refractivity contribution is -0.121. The third-order valence-electron chi connectivity index (χ3n) is 2.70. The smallest absolute Gasteiger partial charge is 0.338 e. The second-order valence-electron chi connectivity index (χ2n) is 4.94. The van der Waals surface area contributed by atoms with Crippen molar-refractivity contribution in [3.05, 3.63) is 23.8 Å². The number of ether oxygens (including phenoxy) is 3. The van der Waals surface area contributed by atoms with Gasteiger partial charge in [-0.25, -0.2) is 4.79 Å². The van der Waals surface area contributed by atoms with Crippen molar-refractivity contribution >= 4 is 11.9 Å². The van der Waals surface area contributed by atoms with Crippen molar-refractivity contribution in [2.24, 2.45) is 11.7 Å². The molecule has 0 heterocycles. The average molecular weight is 295 g/mol. The fraction of sp³-hybridized carbons (Fsp3) is 0.467. The van der Waals surface area contributed by atoms with E-state index < -0.39 is 18.5 Å². The first-order valence-corrected chi connectivity index (χ1v) is 6.70. The summed E-state index contributed by atoms with van der Waals surface area (Å²) in [4.78, 5) is 22.3. The molecule has 0 saturated heterocycles. The molecule has 0 saturated carbocycles. The number of methoxy groups -OCH3 is 1. The van der Waals surface area contributed by atoms with Crippen LogP contribution in [0.1, 0.15) is 30.6 Å². The van der Waals surface area contributed by atoms with Gasteiger partial charge in [-0.1, -0.05) is 13.8 Å². The van der Waals surface area contributed by atoms with Gasteiger partial charge in [0.05, 0.1) is 19.3 Å². The molecule has 0 aliphatic heterocycles. The summed E-state index contributed by atoms with van der Waals surface area (Å²) in [7, 11) is 1.49. The minimum atomic E-state index is -0.705. The molecule has 1 amide bonds. The SMILES string of the molecule is COc1cc(C(=O)OCC(N)=O)ccc1OCCC(C)C. The van der Waals surface area contributed by atoms with E-state index in [4.69, 9.17) is 19.9 Å². The monoisotopic (exact) mass is 295 g/mol. The number of esters is 1. The number of nitrogens with two attached hydrogens (primary N) is 1. The molecule has 1 aromatic carbocycles. The van der Waals surface area contributed by atoms with Gasteiger partial charge in [0.1, 0.15) is 0 Å². The lowest BCUT2D eigenvalue weighted by Crippen LogP contribution is -2.20. The zero-order valence-corrected chi connectivity index (χ0v) is 12.5. The first-order valence-electron chi connectivity index (χ1n) is 6.70. The molecular formula is C15H21NO5. The summed E-state index contributed by atoms with van der Waals surface area (Å²) in [5.41, 5.74) is 5.19. The van der Waals surface area contributed by atoms with Crippen molar-refractivity contribution < 1.29 is 23.8 Å². The number of benzene rings is 1. The van der Waals surface area contributed by atoms with Crippen LogP contribution in [-0.4, -0.2) is 32.2 Å². The molecular weight excluding hydrogens is 274 g/mol. The standard InChI is InChI=1S/C15H21NO5/c1-10(2)6-7-20-12-5-4-11(8-13(12)19-3)15(18)21-9-14(16)17/h4-5,8,10H,6-7,9H2,1-3H3,(H2,16,17). The number of carbonyl (C=O) groups is 2. The zero-order chi connectivity index (χ0) is 15.8. The van der Waals surface area contributed by atoms with Gasteiger partial charge < -0.3 is 19.9 Å². The van der Waals surface area contributed by atoms with Gasteiger partial charge in [-0.05, 0) is 30.5 Å². The Kier molecular flexibility index (Phi) is 6.52. The van der Waals surface area contributed by atoms with Gasteiger partial charge in [-0.2, -0.15) is 0 Å². The van der Waals surface area contributed by atoms with E-state index in [1.165, 1.54) is 13.2 Å². The van der Waals surface area contributed by atoms with Crippen molar-refractivity contribution in [3.8, 4) is 11.5 Å². The molecule has 0 fully saturated rings. The van der Waals surface area contributed by atoms with Crippen LogP contribution in [0.5, 0.6) is 11.5 Å². The van der Waals surface area contributed by atoms with E-state index in [-0.39, 0.29) is 5.56 Å². The van der Waals surface area contributed by atoms with Crippen LogP contribution in [0.3, 0.4) is 0 Å². The molecule has 6 heteroatoms. The highest BCUT2D eigenvalue weighted by Gasteiger charge is 2.13. The van der Waals surface area contributed by atoms with Gasteiger partial charge in [0.2, 0.25) is 0 Å². The zero-order valence-electron chi connectivity index (χ0n) is 12.5. The minimum absolute atomic E-state index is 0.268. The van der Waals surface area contributed by atoms with Crippen LogP contribution < -0.4 is 15.2 Å². The molecule has 0 bridgehead atoms. The molecule has 1 aromatic rings. The van der Waals surface area contributed by atoms with Crippen LogP contribution in [0.2, 0.25) is 0 Å². The number of primary amides is 1. The highest BCUT2D eigenvalue weighted by molar-refractivity contribution is 5.91. The van der Waals surface area contributed by atoms with Crippen LogP contribution in [0.25, 0.3) is 0 Å². The average Bonchev–Trinajstić information content (AvgIpc) is 2.44. The molecule has 2 N–H and O–H groups in total. The summed E-state index contributed by atoms with van der Waals surface area (Å²) in [5.74, 6) is 0.195. The summed E-state index contributed by atoms with van der Waals surface area (Å²) < 4.78 is 15.5. The molecule has 1 rings (SSSR count). The largest absolute Gasteiger partial charge is 0.493 e. The van der Waals surface area contributed by atoms with Crippen LogP contribution in [0.4, 0.5) is 0 Å². The highest BCUT2D eigenvalue weighted by atomic mass is 16.5. The van der Waals surface area contributed by atoms with Crippen LogP contribution in [-0.2, 0) is 9.53 Å². The Morgan fingerprint density at radius 3 is 2.52 bits per heavy atom. The Morgan fingerprint density at radius 2 is 1.95 bits per heavy atom. The maximum absolute atomic E-state index is 11.7. The quantitative estimate of drug-likeness (QED) is 0.738. The molecule has 0 aliphatic carbocycles. The fourth-order valence-corrected chi connectivity index (χ4v) is 1.54. The van der Waals surface area contributed by atoms with Crippen molar-refractivity contribution in [2.75, 3.05) is 20.3 Å². The molecule has 6 nitrogen and oxygen atoms in total. The van der Waals surface area contributed by atoms with E-state index in [2.05, 4.69) is 13.8 Å². The molecule has 116 valence electrons. The Labute approximate surface area is 124 Å². The summed E-state index contributed by atoms with van der Waals surface area (Å²) in [6, 6.07) is 4.70. The molecule has 21 heavy (non-hydrogen) atoms. The predicted octanol–water partition coefficient (Wildman–Crippen LogP) is 1.76. The van der Waals surface area contributed by atoms with Gasteiger partial charge in [-0.15, -0.1) is 0 Å². The van der Waals surface area contributed by atoms with E-state index in [9.17, 15) is 9.59 Å². The van der Waals surface area contributed by atoms with Gasteiger partial charge in [-0.3, -0.25) is 4.79 Å². The summed E-state index contributed by atoms with van der Waals surface area (Å²) in [6.07, 6.45) is 0.922. The Bertz CT molecular complexity index is 499. The van der Waals surface area contributed by atoms with E-state index in [1.54, 1.807) is 12.1 Å². The Hall–Kier alpha value is -2.24. The third-order valence-corrected chi connectivity index (χ3v) is 2.70. The van der Waals surface area contributed by atoms with E-state index in [1.807, 2.05) is 0 Å². The first kappa shape index (κ1) is 16.8. The van der Waals surface area contributed by atoms with Crippen molar-refractivity contribution in [2.45, 2.75) is 20.3 Å². The minimum Gasteiger partial charge on any atom is -0.493 e. The topological polar surface area (TPSA) is 87.9 Å². The van der Waals surface area contributed by atoms with Gasteiger partial charge in [0.15, 0.2) is 18.1 Å². The van der Waals surface area contributed by atoms with Crippen LogP contribution in [0, 0.1) is 5.92 Å². The number of hydrogen-bond donors (Lipinski definition) is 1. The number of amides is 1. The second-order valence-corrected chi connectivity index (χ2v) is 4.94. The fourth-order valence-electron chi connectivity index (χ4n) is 1.54. The molecule has 0 radical (unpaired) electrons. The normalized spacial score (nSPS) is 10.3. The third kappa shape index (κ3) is 5.72. The number of rotatable bonds is 8. The van der Waals surface area contributed by atoms with E-state index in [0.717, 1.165) is 6.42 Å². The molecule has 0 aromatic heterocycles. The summed E-state index contributed by atoms with van der Waals surface area (Å²) in [6.45, 7) is 4.34. The van der Waals surface area contributed by atoms with Crippen molar-refractivity contribution in [1.82, 2.24) is 0 Å². The van der Waals surface area contributed by atoms with Crippen LogP contribution in [0.15, 0.2) is 18.2 Å². The molecule has 0 atom stereocenters. The van der Waals surface area contributed by atoms with E-state index in [0.29, 0.717) is 24.0 Å². The molecule has 0 aliphatic rings. The summed E-state index contributed by atoms with van der Waals surface area (Å²) in [5, 5.41) is 0. The highest BCUT2D eigenvalue weighted by Crippen LogP contribution is 2.28. The first-order chi connectivity index (χ1) is 9.93. The maximum atomic E-state index is 11.7. The Balaban J connectivity index is 2.73.